The molecule has 0 atom stereocenters. The smallest absolute Gasteiger partial charge is 0.321 e. The molecule has 1 aromatic rings. The largest absolute Gasteiger partial charge is 0.508 e. The predicted molar refractivity (Wildman–Crippen MR) is 53.5 cm³/mol. The number of rotatable bonds is 0. The van der Waals surface area contributed by atoms with Gasteiger partial charge in [-0.1, -0.05) is 0 Å². The monoisotopic (exact) mass is 192 g/mol. The van der Waals surface area contributed by atoms with Crippen molar-refractivity contribution < 1.29 is 9.90 Å². The molecule has 4 heteroatoms. The Bertz CT molecular complexity index is 401. The Kier molecular flexibility index (Phi) is 1.84. The number of nitrogens with one attached hydrogen (secondary N) is 1. The number of hydrogen-bond donors (Lipinski definition) is 2. The van der Waals surface area contributed by atoms with Gasteiger partial charge in [0.05, 0.1) is 5.69 Å². The average Bonchev–Trinajstić information content (AvgIpc) is 2.12. The van der Waals surface area contributed by atoms with Gasteiger partial charge in [-0.2, -0.15) is 0 Å². The summed E-state index contributed by atoms with van der Waals surface area (Å²) in [5.74, 6) is 0.197. The summed E-state index contributed by atoms with van der Waals surface area (Å²) in [5, 5.41) is 12.2. The first kappa shape index (κ1) is 8.87. The van der Waals surface area contributed by atoms with Gasteiger partial charge in [0.25, 0.3) is 0 Å². The van der Waals surface area contributed by atoms with E-state index >= 15 is 0 Å². The third kappa shape index (κ3) is 1.19. The maximum absolute atomic E-state index is 11.3. The maximum Gasteiger partial charge on any atom is 0.321 e. The molecule has 2 amide bonds. The number of nitrogens with zero attached hydrogens (tertiary/aromatic N) is 1. The lowest BCUT2D eigenvalue weighted by molar-refractivity contribution is 0.246. The van der Waals surface area contributed by atoms with E-state index < -0.39 is 0 Å². The van der Waals surface area contributed by atoms with Crippen molar-refractivity contribution in [2.24, 2.45) is 0 Å². The molecule has 1 aliphatic rings. The number of urea groups is 1. The summed E-state index contributed by atoms with van der Waals surface area (Å²) < 4.78 is 0. The minimum atomic E-state index is -0.137. The van der Waals surface area contributed by atoms with Crippen molar-refractivity contribution in [3.05, 3.63) is 23.3 Å². The van der Waals surface area contributed by atoms with Crippen LogP contribution in [-0.2, 0) is 6.54 Å². The van der Waals surface area contributed by atoms with Crippen LogP contribution >= 0.6 is 0 Å². The van der Waals surface area contributed by atoms with Gasteiger partial charge in [0.15, 0.2) is 0 Å². The normalized spacial score (nSPS) is 15.0. The fourth-order valence-corrected chi connectivity index (χ4v) is 1.70. The number of hydrogen-bond acceptors (Lipinski definition) is 2. The quantitative estimate of drug-likeness (QED) is 0.652. The topological polar surface area (TPSA) is 52.6 Å². The minimum Gasteiger partial charge on any atom is -0.508 e. The second-order valence-corrected chi connectivity index (χ2v) is 3.48. The first-order valence-electron chi connectivity index (χ1n) is 4.43. The van der Waals surface area contributed by atoms with E-state index in [1.54, 1.807) is 19.2 Å². The first-order valence-corrected chi connectivity index (χ1v) is 4.43. The number of aryl methyl sites for hydroxylation is 1. The third-order valence-electron chi connectivity index (χ3n) is 2.52. The highest BCUT2D eigenvalue weighted by molar-refractivity contribution is 5.94. The van der Waals surface area contributed by atoms with Crippen LogP contribution in [0.3, 0.4) is 0 Å². The molecule has 0 radical (unpaired) electrons. The molecule has 4 nitrogen and oxygen atoms in total. The van der Waals surface area contributed by atoms with Crippen LogP contribution in [0.5, 0.6) is 5.75 Å². The van der Waals surface area contributed by atoms with Gasteiger partial charge in [0, 0.05) is 19.7 Å². The van der Waals surface area contributed by atoms with Crippen LogP contribution in [0, 0.1) is 6.92 Å². The molecular weight excluding hydrogens is 180 g/mol. The van der Waals surface area contributed by atoms with Crippen LogP contribution in [0.1, 0.15) is 11.1 Å². The first-order chi connectivity index (χ1) is 6.59. The van der Waals surface area contributed by atoms with Crippen molar-refractivity contribution in [3.63, 3.8) is 0 Å². The van der Waals surface area contributed by atoms with E-state index in [0.29, 0.717) is 6.54 Å². The van der Waals surface area contributed by atoms with Crippen LogP contribution in [0.15, 0.2) is 12.1 Å². The molecule has 0 aliphatic carbocycles. The summed E-state index contributed by atoms with van der Waals surface area (Å²) in [6, 6.07) is 3.17. The van der Waals surface area contributed by atoms with Crippen LogP contribution in [0.2, 0.25) is 0 Å². The summed E-state index contributed by atoms with van der Waals surface area (Å²) in [6.07, 6.45) is 0. The van der Waals surface area contributed by atoms with Gasteiger partial charge in [-0.25, -0.2) is 4.79 Å². The Balaban J connectivity index is 2.59. The van der Waals surface area contributed by atoms with Gasteiger partial charge in [0.2, 0.25) is 0 Å². The summed E-state index contributed by atoms with van der Waals surface area (Å²) in [7, 11) is 1.69. The molecule has 74 valence electrons. The lowest BCUT2D eigenvalue weighted by atomic mass is 10.0. The highest BCUT2D eigenvalue weighted by Gasteiger charge is 2.21. The molecule has 0 unspecified atom stereocenters. The number of aromatic hydroxyl groups is 1. The van der Waals surface area contributed by atoms with E-state index in [1.165, 1.54) is 4.90 Å². The number of amides is 2. The Labute approximate surface area is 82.2 Å². The summed E-state index contributed by atoms with van der Waals surface area (Å²) in [4.78, 5) is 12.8. The van der Waals surface area contributed by atoms with Crippen LogP contribution in [0.25, 0.3) is 0 Å². The van der Waals surface area contributed by atoms with Gasteiger partial charge < -0.3 is 10.4 Å². The molecular formula is C10H12N2O2. The fourth-order valence-electron chi connectivity index (χ4n) is 1.70. The van der Waals surface area contributed by atoms with Gasteiger partial charge in [-0.3, -0.25) is 4.90 Å². The second-order valence-electron chi connectivity index (χ2n) is 3.48. The standard InChI is InChI=1S/C10H12N2O2/c1-6-3-7(13)4-9-8(6)5-11-10(14)12(9)2/h3-4,13H,5H2,1-2H3,(H,11,14). The predicted octanol–water partition coefficient (Wildman–Crippen LogP) is 1.36. The number of fused-ring (bicyclic) bond motifs is 1. The molecule has 2 rings (SSSR count). The Morgan fingerprint density at radius 2 is 2.21 bits per heavy atom. The van der Waals surface area contributed by atoms with Crippen molar-refractivity contribution in [1.29, 1.82) is 0 Å². The van der Waals surface area contributed by atoms with Crippen molar-refractivity contribution >= 4 is 11.7 Å². The summed E-state index contributed by atoms with van der Waals surface area (Å²) in [5.41, 5.74) is 2.84. The van der Waals surface area contributed by atoms with Crippen LogP contribution in [0.4, 0.5) is 10.5 Å². The van der Waals surface area contributed by atoms with Gasteiger partial charge in [-0.05, 0) is 24.1 Å². The Morgan fingerprint density at radius 3 is 2.93 bits per heavy atom. The molecule has 1 aliphatic heterocycles. The summed E-state index contributed by atoms with van der Waals surface area (Å²) >= 11 is 0. The number of benzene rings is 1. The van der Waals surface area contributed by atoms with Crippen molar-refractivity contribution in [2.75, 3.05) is 11.9 Å². The average molecular weight is 192 g/mol. The lowest BCUT2D eigenvalue weighted by Crippen LogP contribution is -2.41. The van der Waals surface area contributed by atoms with Gasteiger partial charge >= 0.3 is 6.03 Å². The highest BCUT2D eigenvalue weighted by Crippen LogP contribution is 2.30. The van der Waals surface area contributed by atoms with Crippen molar-refractivity contribution in [2.45, 2.75) is 13.5 Å². The number of phenols is 1. The van der Waals surface area contributed by atoms with E-state index in [9.17, 15) is 9.90 Å². The maximum atomic E-state index is 11.3. The number of carbonyl (C=O) groups excluding carboxylic acids is 1. The van der Waals surface area contributed by atoms with Crippen LogP contribution in [-0.4, -0.2) is 18.2 Å². The van der Waals surface area contributed by atoms with E-state index in [-0.39, 0.29) is 11.8 Å². The van der Waals surface area contributed by atoms with E-state index in [4.69, 9.17) is 0 Å². The Hall–Kier alpha value is -1.71. The zero-order chi connectivity index (χ0) is 10.3. The SMILES string of the molecule is Cc1cc(O)cc2c1CNC(=O)N2C. The molecule has 1 aromatic carbocycles. The van der Waals surface area contributed by atoms with E-state index in [0.717, 1.165) is 16.8 Å². The second kappa shape index (κ2) is 2.90. The molecule has 0 fully saturated rings. The molecule has 2 N–H and O–H groups in total. The molecule has 0 bridgehead atoms. The van der Waals surface area contributed by atoms with E-state index in [2.05, 4.69) is 5.32 Å². The lowest BCUT2D eigenvalue weighted by Gasteiger charge is -2.27. The third-order valence-corrected chi connectivity index (χ3v) is 2.52. The number of carbonyl (C=O) groups is 1. The molecule has 0 saturated heterocycles. The van der Waals surface area contributed by atoms with Crippen molar-refractivity contribution in [1.82, 2.24) is 5.32 Å². The Morgan fingerprint density at radius 1 is 1.50 bits per heavy atom. The number of phenolic OH excluding ortho intramolecular Hbond substituents is 1. The molecule has 0 aromatic heterocycles. The van der Waals surface area contributed by atoms with Crippen LogP contribution < -0.4 is 10.2 Å². The van der Waals surface area contributed by atoms with E-state index in [1.807, 2.05) is 6.92 Å². The summed E-state index contributed by atoms with van der Waals surface area (Å²) in [6.45, 7) is 2.45. The number of anilines is 1. The minimum absolute atomic E-state index is 0.137. The zero-order valence-electron chi connectivity index (χ0n) is 8.16. The molecule has 1 heterocycles. The van der Waals surface area contributed by atoms with Gasteiger partial charge in [-0.15, -0.1) is 0 Å². The zero-order valence-corrected chi connectivity index (χ0v) is 8.16. The van der Waals surface area contributed by atoms with Crippen molar-refractivity contribution in [3.8, 4) is 5.75 Å². The van der Waals surface area contributed by atoms with Gasteiger partial charge in [0.1, 0.15) is 5.75 Å². The highest BCUT2D eigenvalue weighted by atomic mass is 16.3. The fraction of sp³-hybridized carbons (Fsp3) is 0.300. The molecule has 0 saturated carbocycles. The molecule has 0 spiro atoms. The molecule has 14 heavy (non-hydrogen) atoms.